The minimum Gasteiger partial charge on any atom is -0.366 e. The number of hydrogen-bond donors (Lipinski definition) is 2. The van der Waals surface area contributed by atoms with E-state index >= 15 is 0 Å². The highest BCUT2D eigenvalue weighted by atomic mass is 35.5. The molecule has 45 heavy (non-hydrogen) atoms. The molecule has 0 aliphatic carbocycles. The Morgan fingerprint density at radius 1 is 1.16 bits per heavy atom. The van der Waals surface area contributed by atoms with Gasteiger partial charge >= 0.3 is 6.18 Å². The Morgan fingerprint density at radius 2 is 1.91 bits per heavy atom. The first-order chi connectivity index (χ1) is 21.3. The van der Waals surface area contributed by atoms with Gasteiger partial charge in [0.05, 0.1) is 34.2 Å². The van der Waals surface area contributed by atoms with Crippen molar-refractivity contribution in [3.05, 3.63) is 74.2 Å². The van der Waals surface area contributed by atoms with Crippen molar-refractivity contribution in [3.8, 4) is 11.4 Å². The quantitative estimate of drug-likeness (QED) is 0.320. The topological polar surface area (TPSA) is 106 Å². The second-order valence-electron chi connectivity index (χ2n) is 12.3. The number of aromatic nitrogens is 4. The summed E-state index contributed by atoms with van der Waals surface area (Å²) in [5.74, 6) is -0.147. The molecule has 3 aliphatic rings. The average molecular weight is 642 g/mol. The minimum absolute atomic E-state index is 0.0561. The molecular weight excluding hydrogens is 611 g/mol. The number of piperazine rings is 1. The lowest BCUT2D eigenvalue weighted by Gasteiger charge is -2.31. The Kier molecular flexibility index (Phi) is 6.99. The number of ether oxygens (including phenoxy) is 1. The maximum Gasteiger partial charge on any atom is 0.416 e. The number of anilines is 2. The Labute approximate surface area is 261 Å². The molecule has 5 heterocycles. The number of fused-ring (bicyclic) bond motifs is 4. The molecule has 2 aromatic heterocycles. The van der Waals surface area contributed by atoms with E-state index in [2.05, 4.69) is 15.7 Å². The Morgan fingerprint density at radius 3 is 2.62 bits per heavy atom. The van der Waals surface area contributed by atoms with Gasteiger partial charge in [-0.15, -0.1) is 5.10 Å². The fraction of sp³-hybridized carbons (Fsp3) is 0.419. The number of carbonyl (C=O) groups excluding carboxylic acids is 1. The van der Waals surface area contributed by atoms with Crippen molar-refractivity contribution in [2.24, 2.45) is 0 Å². The molecule has 10 nitrogen and oxygen atoms in total. The average Bonchev–Trinajstić information content (AvgIpc) is 3.68. The third-order valence-corrected chi connectivity index (χ3v) is 9.26. The van der Waals surface area contributed by atoms with E-state index in [9.17, 15) is 22.8 Å². The minimum atomic E-state index is -4.57. The van der Waals surface area contributed by atoms with Gasteiger partial charge in [0, 0.05) is 37.7 Å². The number of carbonyl (C=O) groups is 1. The smallest absolute Gasteiger partial charge is 0.366 e. The lowest BCUT2D eigenvalue weighted by atomic mass is 9.94. The first-order valence-electron chi connectivity index (χ1n) is 14.8. The molecular formula is C31H31ClF3N7O3. The number of alkyl halides is 3. The van der Waals surface area contributed by atoms with Crippen molar-refractivity contribution in [2.75, 3.05) is 36.4 Å². The van der Waals surface area contributed by atoms with Gasteiger partial charge in [0.25, 0.3) is 5.56 Å². The standard InChI is InChI=1S/C31H31ClF3N7O3/c1-16-12-23(27(43)37-22-7-5-19(14-21(22)32)31(33,34)35)41-24(16)25(40-10-8-36-9-11-40)28(44)42-29(41)38-26(39-42)17-4-6-20-18(13-17)15-45-30(20,2)3/h4-7,13-14,16,23,36H,8-12,15H2,1-3H3,(H,37,43)/t16-,23-/m1/s1. The zero-order chi connectivity index (χ0) is 31.8. The molecule has 7 rings (SSSR count). The van der Waals surface area contributed by atoms with Gasteiger partial charge in [0.1, 0.15) is 11.7 Å². The molecule has 14 heteroatoms. The summed E-state index contributed by atoms with van der Waals surface area (Å²) in [6, 6.07) is 7.82. The number of nitrogens with zero attached hydrogens (tertiary/aromatic N) is 5. The molecule has 0 saturated carbocycles. The highest BCUT2D eigenvalue weighted by Crippen LogP contribution is 2.43. The zero-order valence-corrected chi connectivity index (χ0v) is 25.6. The highest BCUT2D eigenvalue weighted by molar-refractivity contribution is 6.33. The summed E-state index contributed by atoms with van der Waals surface area (Å²) in [7, 11) is 0. The van der Waals surface area contributed by atoms with Crippen molar-refractivity contribution < 1.29 is 22.7 Å². The van der Waals surface area contributed by atoms with Crippen LogP contribution < -0.4 is 21.1 Å². The lowest BCUT2D eigenvalue weighted by Crippen LogP contribution is -2.46. The molecule has 1 amide bonds. The molecule has 4 aromatic rings. The van der Waals surface area contributed by atoms with Crippen LogP contribution in [0.3, 0.4) is 0 Å². The lowest BCUT2D eigenvalue weighted by molar-refractivity contribution is -0.137. The number of halogens is 4. The van der Waals surface area contributed by atoms with Gasteiger partial charge in [-0.25, -0.2) is 0 Å². The van der Waals surface area contributed by atoms with Crippen LogP contribution in [0.4, 0.5) is 24.5 Å². The first kappa shape index (κ1) is 29.8. The van der Waals surface area contributed by atoms with Crippen molar-refractivity contribution in [1.82, 2.24) is 24.5 Å². The summed E-state index contributed by atoms with van der Waals surface area (Å²) >= 11 is 6.18. The van der Waals surface area contributed by atoms with E-state index in [1.54, 1.807) is 4.57 Å². The molecule has 0 radical (unpaired) electrons. The normalized spacial score (nSPS) is 20.8. The summed E-state index contributed by atoms with van der Waals surface area (Å²) < 4.78 is 48.6. The van der Waals surface area contributed by atoms with E-state index in [1.807, 2.05) is 43.9 Å². The van der Waals surface area contributed by atoms with Crippen LogP contribution in [0.25, 0.3) is 17.2 Å². The van der Waals surface area contributed by atoms with Gasteiger partial charge in [-0.2, -0.15) is 22.7 Å². The SMILES string of the molecule is C[C@@H]1C[C@H](C(=O)Nc2ccc(C(F)(F)F)cc2Cl)n2c1c(N1CCNCC1)c(=O)n1nc(-c3ccc4c(c3)COC4(C)C)nc21. The maximum atomic E-state index is 14.1. The Balaban J connectivity index is 1.35. The maximum absolute atomic E-state index is 14.1. The van der Waals surface area contributed by atoms with Crippen LogP contribution in [0.15, 0.2) is 41.2 Å². The third-order valence-electron chi connectivity index (χ3n) is 8.95. The van der Waals surface area contributed by atoms with Gasteiger partial charge in [-0.1, -0.05) is 30.7 Å². The second-order valence-corrected chi connectivity index (χ2v) is 12.7. The van der Waals surface area contributed by atoms with Gasteiger partial charge in [-0.3, -0.25) is 14.2 Å². The van der Waals surface area contributed by atoms with E-state index in [0.29, 0.717) is 62.0 Å². The summed E-state index contributed by atoms with van der Waals surface area (Å²) in [6.45, 7) is 8.99. The Hall–Kier alpha value is -3.94. The van der Waals surface area contributed by atoms with E-state index in [-0.39, 0.29) is 28.0 Å². The second kappa shape index (κ2) is 10.6. The highest BCUT2D eigenvalue weighted by Gasteiger charge is 2.40. The van der Waals surface area contributed by atoms with Crippen LogP contribution >= 0.6 is 11.6 Å². The molecule has 0 bridgehead atoms. The summed E-state index contributed by atoms with van der Waals surface area (Å²) in [6.07, 6.45) is -4.23. The summed E-state index contributed by atoms with van der Waals surface area (Å²) in [5, 5.41) is 10.4. The fourth-order valence-corrected chi connectivity index (χ4v) is 6.90. The van der Waals surface area contributed by atoms with Crippen molar-refractivity contribution >= 4 is 34.7 Å². The van der Waals surface area contributed by atoms with Crippen LogP contribution in [0.1, 0.15) is 61.5 Å². The molecule has 2 N–H and O–H groups in total. The van der Waals surface area contributed by atoms with Gasteiger partial charge in [0.2, 0.25) is 11.7 Å². The van der Waals surface area contributed by atoms with Crippen LogP contribution in [-0.2, 0) is 27.9 Å². The number of rotatable bonds is 4. The monoisotopic (exact) mass is 641 g/mol. The van der Waals surface area contributed by atoms with Crippen LogP contribution in [-0.4, -0.2) is 51.3 Å². The predicted molar refractivity (Wildman–Crippen MR) is 163 cm³/mol. The van der Waals surface area contributed by atoms with Crippen molar-refractivity contribution in [3.63, 3.8) is 0 Å². The third kappa shape index (κ3) is 4.97. The molecule has 3 aliphatic heterocycles. The van der Waals surface area contributed by atoms with E-state index in [4.69, 9.17) is 21.3 Å². The number of hydrogen-bond acceptors (Lipinski definition) is 7. The summed E-state index contributed by atoms with van der Waals surface area (Å²) in [4.78, 5) is 34.8. The molecule has 1 fully saturated rings. The van der Waals surface area contributed by atoms with Crippen LogP contribution in [0.5, 0.6) is 0 Å². The van der Waals surface area contributed by atoms with E-state index in [1.165, 1.54) is 4.52 Å². The summed E-state index contributed by atoms with van der Waals surface area (Å²) in [5.41, 5.74) is 2.35. The number of nitrogens with one attached hydrogen (secondary N) is 2. The van der Waals surface area contributed by atoms with Gasteiger partial charge in [0.15, 0.2) is 5.82 Å². The zero-order valence-electron chi connectivity index (χ0n) is 24.8. The molecule has 0 unspecified atom stereocenters. The first-order valence-corrected chi connectivity index (χ1v) is 15.2. The van der Waals surface area contributed by atoms with Gasteiger partial charge in [-0.05, 0) is 55.7 Å². The fourth-order valence-electron chi connectivity index (χ4n) is 6.67. The largest absolute Gasteiger partial charge is 0.416 e. The van der Waals surface area contributed by atoms with Gasteiger partial charge < -0.3 is 20.3 Å². The van der Waals surface area contributed by atoms with Crippen LogP contribution in [0, 0.1) is 0 Å². The predicted octanol–water partition coefficient (Wildman–Crippen LogP) is 5.09. The molecule has 0 spiro atoms. The molecule has 2 atom stereocenters. The molecule has 2 aromatic carbocycles. The van der Waals surface area contributed by atoms with Crippen molar-refractivity contribution in [2.45, 2.75) is 57.5 Å². The van der Waals surface area contributed by atoms with Crippen molar-refractivity contribution in [1.29, 1.82) is 0 Å². The Bertz CT molecular complexity index is 1910. The van der Waals surface area contributed by atoms with Crippen LogP contribution in [0.2, 0.25) is 5.02 Å². The number of amides is 1. The van der Waals surface area contributed by atoms with E-state index < -0.39 is 29.3 Å². The molecule has 236 valence electrons. The number of benzene rings is 2. The van der Waals surface area contributed by atoms with E-state index in [0.717, 1.165) is 29.3 Å². The molecule has 1 saturated heterocycles.